The first-order valence-corrected chi connectivity index (χ1v) is 6.25. The molecular formula is C13H15BrN2O2. The third kappa shape index (κ3) is 4.47. The number of ketones is 1. The number of hydrogen-bond acceptors (Lipinski definition) is 4. The number of rotatable bonds is 6. The largest absolute Gasteiger partial charge is 0.496 e. The van der Waals surface area contributed by atoms with Crippen molar-refractivity contribution in [1.29, 1.82) is 5.26 Å². The summed E-state index contributed by atoms with van der Waals surface area (Å²) in [6.07, 6.45) is -0.0311. The Morgan fingerprint density at radius 1 is 1.56 bits per heavy atom. The van der Waals surface area contributed by atoms with Gasteiger partial charge >= 0.3 is 0 Å². The molecule has 0 spiro atoms. The van der Waals surface area contributed by atoms with Crippen molar-refractivity contribution in [1.82, 2.24) is 4.90 Å². The van der Waals surface area contributed by atoms with Crippen LogP contribution in [0.1, 0.15) is 12.0 Å². The normalized spacial score (nSPS) is 10.2. The van der Waals surface area contributed by atoms with Crippen molar-refractivity contribution in [3.05, 3.63) is 28.2 Å². The summed E-state index contributed by atoms with van der Waals surface area (Å²) in [5.41, 5.74) is 1.08. The van der Waals surface area contributed by atoms with E-state index in [-0.39, 0.29) is 18.7 Å². The smallest absolute Gasteiger partial charge is 0.160 e. The average Bonchev–Trinajstić information content (AvgIpc) is 2.29. The molecule has 0 bridgehead atoms. The number of halogens is 1. The first-order chi connectivity index (χ1) is 8.56. The number of carbonyl (C=O) groups is 1. The van der Waals surface area contributed by atoms with E-state index >= 15 is 0 Å². The van der Waals surface area contributed by atoms with Crippen LogP contribution in [0.15, 0.2) is 22.7 Å². The van der Waals surface area contributed by atoms with Crippen molar-refractivity contribution in [2.24, 2.45) is 0 Å². The zero-order valence-corrected chi connectivity index (χ0v) is 12.0. The van der Waals surface area contributed by atoms with E-state index in [2.05, 4.69) is 15.9 Å². The molecule has 0 heterocycles. The molecule has 0 aliphatic heterocycles. The van der Waals surface area contributed by atoms with E-state index in [4.69, 9.17) is 10.00 Å². The number of carbonyl (C=O) groups excluding carboxylic acids is 1. The third-order valence-corrected chi connectivity index (χ3v) is 3.01. The molecule has 1 aromatic rings. The Hall–Kier alpha value is -1.38. The Morgan fingerprint density at radius 3 is 2.83 bits per heavy atom. The van der Waals surface area contributed by atoms with Gasteiger partial charge in [-0.15, -0.1) is 0 Å². The predicted molar refractivity (Wildman–Crippen MR) is 72.3 cm³/mol. The SMILES string of the molecule is COc1ccc(CN(C)CC(=O)CC#N)cc1Br. The van der Waals surface area contributed by atoms with Crippen molar-refractivity contribution >= 4 is 21.7 Å². The number of hydrogen-bond donors (Lipinski definition) is 0. The molecule has 96 valence electrons. The fourth-order valence-corrected chi connectivity index (χ4v) is 2.21. The number of benzene rings is 1. The summed E-state index contributed by atoms with van der Waals surface area (Å²) in [6.45, 7) is 0.941. The summed E-state index contributed by atoms with van der Waals surface area (Å²) < 4.78 is 6.04. The molecule has 0 atom stereocenters. The number of methoxy groups -OCH3 is 1. The number of nitriles is 1. The molecule has 0 saturated heterocycles. The Balaban J connectivity index is 2.60. The highest BCUT2D eigenvalue weighted by atomic mass is 79.9. The van der Waals surface area contributed by atoms with Crippen LogP contribution in [0.25, 0.3) is 0 Å². The highest BCUT2D eigenvalue weighted by Gasteiger charge is 2.08. The molecule has 1 aromatic carbocycles. The second-order valence-electron chi connectivity index (χ2n) is 4.01. The summed E-state index contributed by atoms with van der Waals surface area (Å²) in [6, 6.07) is 7.66. The van der Waals surface area contributed by atoms with E-state index in [1.165, 1.54) is 0 Å². The van der Waals surface area contributed by atoms with Gasteiger partial charge in [0, 0.05) is 6.54 Å². The Kier molecular flexibility index (Phi) is 5.83. The van der Waals surface area contributed by atoms with E-state index in [9.17, 15) is 4.79 Å². The number of nitrogens with zero attached hydrogens (tertiary/aromatic N) is 2. The van der Waals surface area contributed by atoms with E-state index in [1.54, 1.807) is 7.11 Å². The summed E-state index contributed by atoms with van der Waals surface area (Å²) >= 11 is 3.42. The van der Waals surface area contributed by atoms with Crippen LogP contribution < -0.4 is 4.74 Å². The molecule has 0 fully saturated rings. The van der Waals surface area contributed by atoms with Gasteiger partial charge in [-0.25, -0.2) is 0 Å². The van der Waals surface area contributed by atoms with Gasteiger partial charge in [-0.3, -0.25) is 9.69 Å². The summed E-state index contributed by atoms with van der Waals surface area (Å²) in [5, 5.41) is 8.42. The number of ether oxygens (including phenoxy) is 1. The lowest BCUT2D eigenvalue weighted by atomic mass is 10.2. The Labute approximate surface area is 115 Å². The standard InChI is InChI=1S/C13H15BrN2O2/c1-16(9-11(17)5-6-15)8-10-3-4-13(18-2)12(14)7-10/h3-4,7H,5,8-9H2,1-2H3. The van der Waals surface area contributed by atoms with Crippen LogP contribution in [0, 0.1) is 11.3 Å². The van der Waals surface area contributed by atoms with Crippen LogP contribution in [0.2, 0.25) is 0 Å². The monoisotopic (exact) mass is 310 g/mol. The van der Waals surface area contributed by atoms with Crippen molar-refractivity contribution < 1.29 is 9.53 Å². The molecule has 5 heteroatoms. The van der Waals surface area contributed by atoms with Gasteiger partial charge in [-0.05, 0) is 40.7 Å². The predicted octanol–water partition coefficient (Wildman–Crippen LogP) is 2.37. The molecule has 18 heavy (non-hydrogen) atoms. The van der Waals surface area contributed by atoms with Crippen LogP contribution in [0.3, 0.4) is 0 Å². The van der Waals surface area contributed by atoms with Gasteiger partial charge in [-0.2, -0.15) is 5.26 Å². The summed E-state index contributed by atoms with van der Waals surface area (Å²) in [7, 11) is 3.47. The Morgan fingerprint density at radius 2 is 2.28 bits per heavy atom. The van der Waals surface area contributed by atoms with Gasteiger partial charge < -0.3 is 4.74 Å². The molecule has 0 aromatic heterocycles. The van der Waals surface area contributed by atoms with Crippen LogP contribution in [0.5, 0.6) is 5.75 Å². The van der Waals surface area contributed by atoms with Gasteiger partial charge in [0.1, 0.15) is 5.75 Å². The van der Waals surface area contributed by atoms with Crippen molar-refractivity contribution in [3.8, 4) is 11.8 Å². The maximum atomic E-state index is 11.3. The Bertz CT molecular complexity index is 469. The number of likely N-dealkylation sites (N-methyl/N-ethyl adjacent to an activating group) is 1. The second kappa shape index (κ2) is 7.14. The quantitative estimate of drug-likeness (QED) is 0.809. The van der Waals surface area contributed by atoms with Crippen LogP contribution >= 0.6 is 15.9 Å². The second-order valence-corrected chi connectivity index (χ2v) is 4.87. The molecule has 0 aliphatic carbocycles. The molecular weight excluding hydrogens is 296 g/mol. The van der Waals surface area contributed by atoms with E-state index < -0.39 is 0 Å². The topological polar surface area (TPSA) is 53.3 Å². The van der Waals surface area contributed by atoms with E-state index in [0.29, 0.717) is 6.54 Å². The van der Waals surface area contributed by atoms with Gasteiger partial charge in [0.2, 0.25) is 0 Å². The van der Waals surface area contributed by atoms with Crippen molar-refractivity contribution in [2.75, 3.05) is 20.7 Å². The first-order valence-electron chi connectivity index (χ1n) is 5.46. The highest BCUT2D eigenvalue weighted by Crippen LogP contribution is 2.25. The molecule has 0 unspecified atom stereocenters. The minimum absolute atomic E-state index is 0.0311. The molecule has 0 radical (unpaired) electrons. The molecule has 4 nitrogen and oxygen atoms in total. The van der Waals surface area contributed by atoms with Crippen LogP contribution in [-0.4, -0.2) is 31.4 Å². The van der Waals surface area contributed by atoms with Gasteiger partial charge in [0.15, 0.2) is 5.78 Å². The van der Waals surface area contributed by atoms with Crippen molar-refractivity contribution in [2.45, 2.75) is 13.0 Å². The maximum absolute atomic E-state index is 11.3. The zero-order valence-electron chi connectivity index (χ0n) is 10.4. The molecule has 0 aliphatic rings. The van der Waals surface area contributed by atoms with Gasteiger partial charge in [0.05, 0.1) is 30.6 Å². The van der Waals surface area contributed by atoms with Crippen LogP contribution in [0.4, 0.5) is 0 Å². The summed E-state index contributed by atoms with van der Waals surface area (Å²) in [5.74, 6) is 0.717. The lowest BCUT2D eigenvalue weighted by Crippen LogP contribution is -2.25. The number of Topliss-reactive ketones (excluding diaryl/α,β-unsaturated/α-hetero) is 1. The highest BCUT2D eigenvalue weighted by molar-refractivity contribution is 9.10. The fourth-order valence-electron chi connectivity index (χ4n) is 1.62. The average molecular weight is 311 g/mol. The fraction of sp³-hybridized carbons (Fsp3) is 0.385. The molecule has 0 saturated carbocycles. The van der Waals surface area contributed by atoms with Crippen LogP contribution in [-0.2, 0) is 11.3 Å². The van der Waals surface area contributed by atoms with E-state index in [1.807, 2.05) is 36.2 Å². The molecule has 1 rings (SSSR count). The zero-order chi connectivity index (χ0) is 13.5. The molecule has 0 amide bonds. The minimum Gasteiger partial charge on any atom is -0.496 e. The van der Waals surface area contributed by atoms with E-state index in [0.717, 1.165) is 15.8 Å². The minimum atomic E-state index is -0.0624. The van der Waals surface area contributed by atoms with Gasteiger partial charge in [0.25, 0.3) is 0 Å². The third-order valence-electron chi connectivity index (χ3n) is 2.39. The maximum Gasteiger partial charge on any atom is 0.160 e. The lowest BCUT2D eigenvalue weighted by Gasteiger charge is -2.15. The lowest BCUT2D eigenvalue weighted by molar-refractivity contribution is -0.119. The molecule has 0 N–H and O–H groups in total. The van der Waals surface area contributed by atoms with Crippen molar-refractivity contribution in [3.63, 3.8) is 0 Å². The van der Waals surface area contributed by atoms with Gasteiger partial charge in [-0.1, -0.05) is 6.07 Å². The first kappa shape index (κ1) is 14.7. The summed E-state index contributed by atoms with van der Waals surface area (Å²) in [4.78, 5) is 13.2.